The molecule has 0 aliphatic rings. The third-order valence-electron chi connectivity index (χ3n) is 2.16. The molecule has 0 aliphatic heterocycles. The highest BCUT2D eigenvalue weighted by atomic mass is 16.5. The van der Waals surface area contributed by atoms with E-state index < -0.39 is 0 Å². The highest BCUT2D eigenvalue weighted by Gasteiger charge is 2.04. The maximum atomic E-state index is 11.4. The number of rotatable bonds is 3. The number of methoxy groups -OCH3 is 1. The Balaban J connectivity index is 2.82. The molecule has 0 radical (unpaired) electrons. The van der Waals surface area contributed by atoms with Crippen LogP contribution in [0, 0.1) is 6.92 Å². The van der Waals surface area contributed by atoms with Crippen LogP contribution >= 0.6 is 0 Å². The molecule has 82 valence electrons. The van der Waals surface area contributed by atoms with E-state index in [2.05, 4.69) is 4.74 Å². The Labute approximate surface area is 87.5 Å². The Hall–Kier alpha value is -1.78. The standard InChI is InChI=1S/C10H14N2O3/c1-7-5-9(13)12(6-8(7)11)4-3-10(14)15-2/h5-6H,3-4,11H2,1-2H3. The van der Waals surface area contributed by atoms with Gasteiger partial charge in [0, 0.05) is 18.8 Å². The molecule has 0 bridgehead atoms. The van der Waals surface area contributed by atoms with E-state index in [-0.39, 0.29) is 24.5 Å². The van der Waals surface area contributed by atoms with E-state index in [4.69, 9.17) is 5.73 Å². The van der Waals surface area contributed by atoms with Gasteiger partial charge in [0.05, 0.1) is 19.2 Å². The zero-order chi connectivity index (χ0) is 11.4. The number of carbonyl (C=O) groups excluding carboxylic acids is 1. The molecule has 0 unspecified atom stereocenters. The first kappa shape index (κ1) is 11.3. The van der Waals surface area contributed by atoms with Crippen LogP contribution in [0.3, 0.4) is 0 Å². The lowest BCUT2D eigenvalue weighted by atomic mass is 10.2. The summed E-state index contributed by atoms with van der Waals surface area (Å²) in [5.41, 5.74) is 6.78. The lowest BCUT2D eigenvalue weighted by Gasteiger charge is -2.07. The lowest BCUT2D eigenvalue weighted by Crippen LogP contribution is -2.21. The van der Waals surface area contributed by atoms with E-state index in [1.165, 1.54) is 17.7 Å². The van der Waals surface area contributed by atoms with Gasteiger partial charge in [0.2, 0.25) is 0 Å². The Morgan fingerprint density at radius 2 is 2.27 bits per heavy atom. The lowest BCUT2D eigenvalue weighted by molar-refractivity contribution is -0.140. The van der Waals surface area contributed by atoms with Crippen LogP contribution in [0.2, 0.25) is 0 Å². The van der Waals surface area contributed by atoms with Crippen molar-refractivity contribution in [3.63, 3.8) is 0 Å². The van der Waals surface area contributed by atoms with Crippen molar-refractivity contribution in [1.82, 2.24) is 4.57 Å². The van der Waals surface area contributed by atoms with Gasteiger partial charge in [-0.25, -0.2) is 0 Å². The van der Waals surface area contributed by atoms with Crippen LogP contribution in [0.1, 0.15) is 12.0 Å². The van der Waals surface area contributed by atoms with Gasteiger partial charge < -0.3 is 15.0 Å². The molecular formula is C10H14N2O3. The fourth-order valence-corrected chi connectivity index (χ4v) is 1.17. The van der Waals surface area contributed by atoms with Crippen molar-refractivity contribution in [2.45, 2.75) is 19.9 Å². The predicted octanol–water partition coefficient (Wildman–Crippen LogP) is 0.302. The quantitative estimate of drug-likeness (QED) is 0.728. The molecule has 2 N–H and O–H groups in total. The third-order valence-corrected chi connectivity index (χ3v) is 2.16. The SMILES string of the molecule is COC(=O)CCn1cc(N)c(C)cc1=O. The van der Waals surface area contributed by atoms with Crippen LogP contribution in [0.15, 0.2) is 17.1 Å². The van der Waals surface area contributed by atoms with Crippen molar-refractivity contribution in [3.8, 4) is 0 Å². The van der Waals surface area contributed by atoms with E-state index in [1.54, 1.807) is 13.1 Å². The summed E-state index contributed by atoms with van der Waals surface area (Å²) in [5.74, 6) is -0.346. The van der Waals surface area contributed by atoms with Gasteiger partial charge in [-0.2, -0.15) is 0 Å². The van der Waals surface area contributed by atoms with E-state index in [0.717, 1.165) is 5.56 Å². The zero-order valence-electron chi connectivity index (χ0n) is 8.82. The molecule has 1 aromatic heterocycles. The minimum absolute atomic E-state index is 0.161. The van der Waals surface area contributed by atoms with E-state index in [9.17, 15) is 9.59 Å². The summed E-state index contributed by atoms with van der Waals surface area (Å²) in [5, 5.41) is 0. The summed E-state index contributed by atoms with van der Waals surface area (Å²) < 4.78 is 5.88. The number of nitrogens with zero attached hydrogens (tertiary/aromatic N) is 1. The largest absolute Gasteiger partial charge is 0.469 e. The van der Waals surface area contributed by atoms with Crippen molar-refractivity contribution in [2.24, 2.45) is 0 Å². The van der Waals surface area contributed by atoms with Crippen molar-refractivity contribution in [2.75, 3.05) is 12.8 Å². The molecule has 1 rings (SSSR count). The first-order chi connectivity index (χ1) is 7.04. The molecule has 0 amide bonds. The number of pyridine rings is 1. The summed E-state index contributed by atoms with van der Waals surface area (Å²) in [7, 11) is 1.31. The number of hydrogen-bond donors (Lipinski definition) is 1. The number of hydrogen-bond acceptors (Lipinski definition) is 4. The van der Waals surface area contributed by atoms with E-state index >= 15 is 0 Å². The van der Waals surface area contributed by atoms with Gasteiger partial charge in [0.25, 0.3) is 5.56 Å². The highest BCUT2D eigenvalue weighted by Crippen LogP contribution is 2.05. The Bertz CT molecular complexity index is 423. The number of ether oxygens (including phenoxy) is 1. The number of anilines is 1. The average molecular weight is 210 g/mol. The Kier molecular flexibility index (Phi) is 3.49. The number of nitrogens with two attached hydrogens (primary N) is 1. The van der Waals surface area contributed by atoms with Gasteiger partial charge in [0.1, 0.15) is 0 Å². The molecule has 0 aromatic carbocycles. The summed E-state index contributed by atoms with van der Waals surface area (Å²) in [4.78, 5) is 22.3. The van der Waals surface area contributed by atoms with Crippen LogP contribution < -0.4 is 11.3 Å². The molecule has 1 aromatic rings. The van der Waals surface area contributed by atoms with Crippen LogP contribution in [-0.2, 0) is 16.1 Å². The van der Waals surface area contributed by atoms with Gasteiger partial charge in [-0.3, -0.25) is 9.59 Å². The van der Waals surface area contributed by atoms with E-state index in [0.29, 0.717) is 5.69 Å². The number of aryl methyl sites for hydroxylation is 2. The molecule has 0 saturated carbocycles. The van der Waals surface area contributed by atoms with E-state index in [1.807, 2.05) is 0 Å². The van der Waals surface area contributed by atoms with Crippen LogP contribution in [0.25, 0.3) is 0 Å². The fraction of sp³-hybridized carbons (Fsp3) is 0.400. The molecule has 0 spiro atoms. The number of aromatic nitrogens is 1. The van der Waals surface area contributed by atoms with Crippen LogP contribution in [0.5, 0.6) is 0 Å². The average Bonchev–Trinajstić information content (AvgIpc) is 2.21. The van der Waals surface area contributed by atoms with Crippen molar-refractivity contribution < 1.29 is 9.53 Å². The van der Waals surface area contributed by atoms with Gasteiger partial charge >= 0.3 is 5.97 Å². The number of carbonyl (C=O) groups is 1. The maximum Gasteiger partial charge on any atom is 0.307 e. The Morgan fingerprint density at radius 1 is 1.60 bits per heavy atom. The second kappa shape index (κ2) is 4.63. The van der Waals surface area contributed by atoms with Crippen molar-refractivity contribution in [3.05, 3.63) is 28.2 Å². The topological polar surface area (TPSA) is 74.3 Å². The molecule has 5 heteroatoms. The first-order valence-electron chi connectivity index (χ1n) is 4.58. The smallest absolute Gasteiger partial charge is 0.307 e. The molecule has 0 saturated heterocycles. The second-order valence-corrected chi connectivity index (χ2v) is 3.27. The molecule has 0 aliphatic carbocycles. The van der Waals surface area contributed by atoms with Gasteiger partial charge in [-0.15, -0.1) is 0 Å². The van der Waals surface area contributed by atoms with Crippen molar-refractivity contribution in [1.29, 1.82) is 0 Å². The molecule has 15 heavy (non-hydrogen) atoms. The third kappa shape index (κ3) is 2.83. The molecule has 0 atom stereocenters. The number of esters is 1. The summed E-state index contributed by atoms with van der Waals surface area (Å²) in [6, 6.07) is 1.45. The normalized spacial score (nSPS) is 10.0. The first-order valence-corrected chi connectivity index (χ1v) is 4.58. The molecule has 0 fully saturated rings. The van der Waals surface area contributed by atoms with Gasteiger partial charge in [0.15, 0.2) is 0 Å². The minimum Gasteiger partial charge on any atom is -0.469 e. The van der Waals surface area contributed by atoms with Gasteiger partial charge in [-0.1, -0.05) is 0 Å². The summed E-state index contributed by atoms with van der Waals surface area (Å²) in [6.07, 6.45) is 1.71. The monoisotopic (exact) mass is 210 g/mol. The van der Waals surface area contributed by atoms with Gasteiger partial charge in [-0.05, 0) is 12.5 Å². The molecular weight excluding hydrogens is 196 g/mol. The Morgan fingerprint density at radius 3 is 2.87 bits per heavy atom. The summed E-state index contributed by atoms with van der Waals surface area (Å²) in [6.45, 7) is 2.05. The fourth-order valence-electron chi connectivity index (χ4n) is 1.17. The highest BCUT2D eigenvalue weighted by molar-refractivity contribution is 5.69. The van der Waals surface area contributed by atoms with Crippen molar-refractivity contribution >= 4 is 11.7 Å². The summed E-state index contributed by atoms with van der Waals surface area (Å²) >= 11 is 0. The molecule has 5 nitrogen and oxygen atoms in total. The minimum atomic E-state index is -0.346. The number of nitrogen functional groups attached to an aromatic ring is 1. The molecule has 1 heterocycles. The predicted molar refractivity (Wildman–Crippen MR) is 56.5 cm³/mol. The maximum absolute atomic E-state index is 11.4. The zero-order valence-corrected chi connectivity index (χ0v) is 8.82. The second-order valence-electron chi connectivity index (χ2n) is 3.27. The van der Waals surface area contributed by atoms with Crippen LogP contribution in [0.4, 0.5) is 5.69 Å². The van der Waals surface area contributed by atoms with Crippen LogP contribution in [-0.4, -0.2) is 17.6 Å².